The molecule has 0 unspecified atom stereocenters. The molecule has 0 saturated heterocycles. The van der Waals surface area contributed by atoms with Crippen LogP contribution in [0.1, 0.15) is 0 Å². The monoisotopic (exact) mass is 55.0 g/mol. The van der Waals surface area contributed by atoms with Crippen LogP contribution in [-0.4, -0.2) is 11.7 Å². The molecule has 4 heavy (non-hydrogen) atoms. The Bertz CT molecular complexity index is 33.0. The van der Waals surface area contributed by atoms with Crippen molar-refractivity contribution in [2.24, 2.45) is 0 Å². The second-order valence-electron chi connectivity index (χ2n) is 0.335. The van der Waals surface area contributed by atoms with Gasteiger partial charge in [-0.05, 0) is 6.42 Å². The first-order chi connectivity index (χ1) is 1.91. The molecule has 0 spiro atoms. The van der Waals surface area contributed by atoms with Crippen molar-refractivity contribution in [2.45, 2.75) is 0 Å². The predicted octanol–water partition coefficient (Wildman–Crippen LogP) is -0.432. The maximum Gasteiger partial charge on any atom is 0.105 e. The van der Waals surface area contributed by atoms with E-state index in [4.69, 9.17) is 11.5 Å². The van der Waals surface area contributed by atoms with Gasteiger partial charge in [0, 0.05) is 0 Å². The van der Waals surface area contributed by atoms with E-state index in [9.17, 15) is 0 Å². The van der Waals surface area contributed by atoms with E-state index in [1.54, 1.807) is 5.92 Å². The van der Waals surface area contributed by atoms with Gasteiger partial charge in [-0.3, -0.25) is 0 Å². The summed E-state index contributed by atoms with van der Waals surface area (Å²) in [6.45, 7) is -0.264. The van der Waals surface area contributed by atoms with Crippen molar-refractivity contribution < 1.29 is 5.11 Å². The summed E-state index contributed by atoms with van der Waals surface area (Å²) in [7, 11) is 0. The van der Waals surface area contributed by atoms with Gasteiger partial charge >= 0.3 is 0 Å². The normalized spacial score (nSPS) is 5.00. The van der Waals surface area contributed by atoms with Crippen molar-refractivity contribution in [3.63, 3.8) is 0 Å². The van der Waals surface area contributed by atoms with E-state index in [-0.39, 0.29) is 6.61 Å². The number of hydrogen-bond donors (Lipinski definition) is 1. The molecule has 1 heteroatoms. The Morgan fingerprint density at radius 2 is 2.25 bits per heavy atom. The Labute approximate surface area is 25.3 Å². The van der Waals surface area contributed by atoms with Crippen LogP contribution < -0.4 is 0 Å². The summed E-state index contributed by atoms with van der Waals surface area (Å²) in [6.07, 6.45) is 5.95. The fraction of sp³-hybridized carbons (Fsp3) is 0.333. The van der Waals surface area contributed by atoms with Crippen molar-refractivity contribution in [3.05, 3.63) is 6.42 Å². The lowest BCUT2D eigenvalue weighted by Gasteiger charge is -1.54. The second-order valence-corrected chi connectivity index (χ2v) is 0.335. The van der Waals surface area contributed by atoms with Crippen molar-refractivity contribution >= 4 is 0 Å². The molecule has 21 valence electrons. The molecular formula is C3H3O. The van der Waals surface area contributed by atoms with Gasteiger partial charge in [-0.25, -0.2) is 0 Å². The zero-order chi connectivity index (χ0) is 3.41. The van der Waals surface area contributed by atoms with Gasteiger partial charge in [0.05, 0.1) is 0 Å². The lowest BCUT2D eigenvalue weighted by molar-refractivity contribution is 0.350. The van der Waals surface area contributed by atoms with Gasteiger partial charge in [-0.15, -0.1) is 0 Å². The van der Waals surface area contributed by atoms with E-state index < -0.39 is 0 Å². The summed E-state index contributed by atoms with van der Waals surface area (Å²) in [5, 5.41) is 7.58. The minimum atomic E-state index is -0.264. The number of aliphatic hydroxyl groups excluding tert-OH is 1. The average molecular weight is 55.1 g/mol. The number of aliphatic hydroxyl groups is 1. The van der Waals surface area contributed by atoms with Gasteiger partial charge in [-0.1, -0.05) is 5.92 Å². The fourth-order valence-electron chi connectivity index (χ4n) is 0. The Morgan fingerprint density at radius 1 is 2.00 bits per heavy atom. The van der Waals surface area contributed by atoms with E-state index in [1.807, 2.05) is 0 Å². The summed E-state index contributed by atoms with van der Waals surface area (Å²) in [5.41, 5.74) is 0. The molecule has 0 aromatic carbocycles. The van der Waals surface area contributed by atoms with Crippen LogP contribution in [-0.2, 0) is 0 Å². The van der Waals surface area contributed by atoms with Crippen LogP contribution in [0.15, 0.2) is 0 Å². The van der Waals surface area contributed by atoms with Crippen LogP contribution in [0.4, 0.5) is 0 Å². The van der Waals surface area contributed by atoms with E-state index in [1.165, 1.54) is 0 Å². The highest BCUT2D eigenvalue weighted by molar-refractivity contribution is 4.71. The predicted molar refractivity (Wildman–Crippen MR) is 14.2 cm³/mol. The van der Waals surface area contributed by atoms with E-state index >= 15 is 0 Å². The minimum absolute atomic E-state index is 0.264. The van der Waals surface area contributed by atoms with Crippen LogP contribution in [0.25, 0.3) is 0 Å². The third kappa shape index (κ3) is 1.52. The smallest absolute Gasteiger partial charge is 0.105 e. The third-order valence-corrected chi connectivity index (χ3v) is 0.0791. The van der Waals surface area contributed by atoms with Crippen LogP contribution in [0.3, 0.4) is 0 Å². The first kappa shape index (κ1) is 3.52. The molecule has 0 aromatic rings. The van der Waals surface area contributed by atoms with Crippen LogP contribution >= 0.6 is 0 Å². The Kier molecular flexibility index (Phi) is 2.22. The molecule has 0 amide bonds. The molecule has 1 radical (unpaired) electrons. The van der Waals surface area contributed by atoms with Crippen molar-refractivity contribution in [1.29, 1.82) is 0 Å². The number of hydrogen-bond acceptors (Lipinski definition) is 1. The van der Waals surface area contributed by atoms with Gasteiger partial charge in [0.1, 0.15) is 6.61 Å². The van der Waals surface area contributed by atoms with Gasteiger partial charge in [-0.2, -0.15) is 0 Å². The largest absolute Gasteiger partial charge is 0.384 e. The molecule has 1 N–H and O–H groups in total. The van der Waals surface area contributed by atoms with Crippen molar-refractivity contribution in [1.82, 2.24) is 0 Å². The molecule has 0 aliphatic rings. The fourth-order valence-corrected chi connectivity index (χ4v) is 0. The Hall–Kier alpha value is -0.480. The topological polar surface area (TPSA) is 20.2 Å². The minimum Gasteiger partial charge on any atom is -0.384 e. The molecule has 0 aromatic heterocycles. The molecule has 0 atom stereocenters. The Balaban J connectivity index is 2.43. The Morgan fingerprint density at radius 3 is 2.25 bits per heavy atom. The molecule has 0 rings (SSSR count). The summed E-state index contributed by atoms with van der Waals surface area (Å²) >= 11 is 0. The lowest BCUT2D eigenvalue weighted by Crippen LogP contribution is -1.64. The summed E-state index contributed by atoms with van der Waals surface area (Å²) in [4.78, 5) is 0. The molecule has 0 heterocycles. The molecule has 0 aliphatic heterocycles. The zero-order valence-corrected chi connectivity index (χ0v) is 2.15. The van der Waals surface area contributed by atoms with Gasteiger partial charge in [0.2, 0.25) is 0 Å². The van der Waals surface area contributed by atoms with Gasteiger partial charge < -0.3 is 5.11 Å². The SMILES string of the molecule is [C]#CCO. The zero-order valence-electron chi connectivity index (χ0n) is 2.15. The van der Waals surface area contributed by atoms with Gasteiger partial charge in [0.25, 0.3) is 0 Å². The summed E-state index contributed by atoms with van der Waals surface area (Å²) in [5.74, 6) is 1.74. The lowest BCUT2D eigenvalue weighted by atomic mass is 10.8. The van der Waals surface area contributed by atoms with Crippen molar-refractivity contribution in [3.8, 4) is 5.92 Å². The van der Waals surface area contributed by atoms with Gasteiger partial charge in [0.15, 0.2) is 0 Å². The van der Waals surface area contributed by atoms with Crippen LogP contribution in [0, 0.1) is 12.3 Å². The second kappa shape index (κ2) is 2.52. The highest BCUT2D eigenvalue weighted by atomic mass is 16.2. The quantitative estimate of drug-likeness (QED) is 0.373. The maximum atomic E-state index is 7.58. The standard InChI is InChI=1S/C3H3O/c1-2-3-4/h4H,3H2. The first-order valence-electron chi connectivity index (χ1n) is 0.920. The van der Waals surface area contributed by atoms with Crippen LogP contribution in [0.5, 0.6) is 0 Å². The molecular weight excluding hydrogens is 52.0 g/mol. The molecule has 0 aliphatic carbocycles. The third-order valence-electron chi connectivity index (χ3n) is 0.0791. The van der Waals surface area contributed by atoms with E-state index in [0.29, 0.717) is 0 Å². The van der Waals surface area contributed by atoms with E-state index in [2.05, 4.69) is 0 Å². The highest BCUT2D eigenvalue weighted by Gasteiger charge is 1.44. The number of rotatable bonds is 0. The molecule has 1 nitrogen and oxygen atoms in total. The van der Waals surface area contributed by atoms with Crippen molar-refractivity contribution in [2.75, 3.05) is 6.61 Å². The highest BCUT2D eigenvalue weighted by Crippen LogP contribution is 1.34. The summed E-state index contributed by atoms with van der Waals surface area (Å²) < 4.78 is 0. The first-order valence-corrected chi connectivity index (χ1v) is 0.920. The van der Waals surface area contributed by atoms with Crippen LogP contribution in [0.2, 0.25) is 0 Å². The van der Waals surface area contributed by atoms with E-state index in [0.717, 1.165) is 0 Å². The summed E-state index contributed by atoms with van der Waals surface area (Å²) in [6, 6.07) is 0. The molecule has 0 bridgehead atoms. The maximum absolute atomic E-state index is 7.58. The molecule has 0 fully saturated rings. The molecule has 0 saturated carbocycles. The average Bonchev–Trinajstić information content (AvgIpc) is 1.37.